The van der Waals surface area contributed by atoms with Gasteiger partial charge >= 0.3 is 0 Å². The smallest absolute Gasteiger partial charge is 0.258 e. The number of hydrogen-bond acceptors (Lipinski definition) is 2. The van der Waals surface area contributed by atoms with Crippen LogP contribution in [0.4, 0.5) is 4.39 Å². The second kappa shape index (κ2) is 5.21. The molecule has 0 radical (unpaired) electrons. The fourth-order valence-corrected chi connectivity index (χ4v) is 1.88. The molecule has 0 aliphatic heterocycles. The van der Waals surface area contributed by atoms with Gasteiger partial charge < -0.3 is 9.30 Å². The van der Waals surface area contributed by atoms with Crippen LogP contribution in [-0.2, 0) is 6.54 Å². The number of hydrogen-bond donors (Lipinski definition) is 0. The summed E-state index contributed by atoms with van der Waals surface area (Å²) in [5.41, 5.74) is -0.166. The molecule has 0 saturated heterocycles. The lowest BCUT2D eigenvalue weighted by Crippen LogP contribution is -2.20. The molecule has 0 atom stereocenters. The summed E-state index contributed by atoms with van der Waals surface area (Å²) in [5.74, 6) is 0.736. The van der Waals surface area contributed by atoms with Crippen LogP contribution in [0.1, 0.15) is 13.8 Å². The Morgan fingerprint density at radius 1 is 1.33 bits per heavy atom. The summed E-state index contributed by atoms with van der Waals surface area (Å²) < 4.78 is 19.2. The van der Waals surface area contributed by atoms with E-state index in [1.165, 1.54) is 4.57 Å². The minimum Gasteiger partial charge on any atom is -0.491 e. The monoisotopic (exact) mass is 249 g/mol. The van der Waals surface area contributed by atoms with Crippen LogP contribution in [0.5, 0.6) is 5.75 Å². The minimum absolute atomic E-state index is 0.0920. The summed E-state index contributed by atoms with van der Waals surface area (Å²) in [4.78, 5) is 12.0. The first-order valence-electron chi connectivity index (χ1n) is 5.97. The SMILES string of the molecule is CC(C)Oc1ccc2c(=O)n(CCF)ccc2c1. The van der Waals surface area contributed by atoms with Crippen LogP contribution in [0, 0.1) is 0 Å². The maximum Gasteiger partial charge on any atom is 0.258 e. The number of aryl methyl sites for hydroxylation is 1. The molecule has 0 N–H and O–H groups in total. The number of alkyl halides is 1. The number of aromatic nitrogens is 1. The highest BCUT2D eigenvalue weighted by atomic mass is 19.1. The first-order valence-corrected chi connectivity index (χ1v) is 5.97. The third kappa shape index (κ3) is 2.53. The van der Waals surface area contributed by atoms with E-state index in [0.717, 1.165) is 11.1 Å². The number of halogens is 1. The van der Waals surface area contributed by atoms with E-state index < -0.39 is 6.67 Å². The average molecular weight is 249 g/mol. The molecule has 0 aliphatic rings. The molecule has 0 bridgehead atoms. The van der Waals surface area contributed by atoms with E-state index in [1.54, 1.807) is 24.4 Å². The predicted octanol–water partition coefficient (Wildman–Crippen LogP) is 2.76. The zero-order valence-corrected chi connectivity index (χ0v) is 10.5. The molecule has 1 aromatic carbocycles. The highest BCUT2D eigenvalue weighted by molar-refractivity contribution is 5.82. The molecule has 1 heterocycles. The van der Waals surface area contributed by atoms with Crippen molar-refractivity contribution in [3.05, 3.63) is 40.8 Å². The van der Waals surface area contributed by atoms with Crippen molar-refractivity contribution in [2.45, 2.75) is 26.5 Å². The summed E-state index contributed by atoms with van der Waals surface area (Å²) in [6, 6.07) is 7.13. The Hall–Kier alpha value is -1.84. The van der Waals surface area contributed by atoms with Crippen molar-refractivity contribution in [2.75, 3.05) is 6.67 Å². The molecule has 4 heteroatoms. The van der Waals surface area contributed by atoms with Crippen LogP contribution in [0.3, 0.4) is 0 Å². The van der Waals surface area contributed by atoms with Crippen molar-refractivity contribution in [1.29, 1.82) is 0 Å². The Balaban J connectivity index is 2.47. The Kier molecular flexibility index (Phi) is 3.65. The van der Waals surface area contributed by atoms with Gasteiger partial charge in [0.25, 0.3) is 5.56 Å². The lowest BCUT2D eigenvalue weighted by Gasteiger charge is -2.11. The summed E-state index contributed by atoms with van der Waals surface area (Å²) in [6.45, 7) is 3.45. The van der Waals surface area contributed by atoms with Crippen LogP contribution < -0.4 is 10.3 Å². The van der Waals surface area contributed by atoms with Crippen LogP contribution in [0.2, 0.25) is 0 Å². The largest absolute Gasteiger partial charge is 0.491 e. The number of ether oxygens (including phenoxy) is 1. The maximum atomic E-state index is 12.3. The van der Waals surface area contributed by atoms with E-state index in [9.17, 15) is 9.18 Å². The van der Waals surface area contributed by atoms with Gasteiger partial charge in [-0.3, -0.25) is 4.79 Å². The molecule has 0 fully saturated rings. The molecule has 0 saturated carbocycles. The lowest BCUT2D eigenvalue weighted by atomic mass is 10.1. The van der Waals surface area contributed by atoms with Gasteiger partial charge in [0.2, 0.25) is 0 Å². The molecule has 0 unspecified atom stereocenters. The number of benzene rings is 1. The molecule has 1 aromatic heterocycles. The molecule has 96 valence electrons. The first kappa shape index (κ1) is 12.6. The van der Waals surface area contributed by atoms with Crippen molar-refractivity contribution in [3.8, 4) is 5.75 Å². The maximum absolute atomic E-state index is 12.3. The van der Waals surface area contributed by atoms with Crippen molar-refractivity contribution in [3.63, 3.8) is 0 Å². The Morgan fingerprint density at radius 2 is 2.11 bits per heavy atom. The Bertz CT molecular complexity index is 604. The topological polar surface area (TPSA) is 31.2 Å². The summed E-state index contributed by atoms with van der Waals surface area (Å²) >= 11 is 0. The Morgan fingerprint density at radius 3 is 2.78 bits per heavy atom. The van der Waals surface area contributed by atoms with Crippen molar-refractivity contribution < 1.29 is 9.13 Å². The molecular weight excluding hydrogens is 233 g/mol. The second-order valence-corrected chi connectivity index (χ2v) is 4.42. The molecular formula is C14H16FNO2. The predicted molar refractivity (Wildman–Crippen MR) is 69.9 cm³/mol. The average Bonchev–Trinajstić information content (AvgIpc) is 2.32. The van der Waals surface area contributed by atoms with Gasteiger partial charge in [-0.15, -0.1) is 0 Å². The normalized spacial score (nSPS) is 11.1. The quantitative estimate of drug-likeness (QED) is 0.834. The highest BCUT2D eigenvalue weighted by Gasteiger charge is 2.05. The fraction of sp³-hybridized carbons (Fsp3) is 0.357. The third-order valence-corrected chi connectivity index (χ3v) is 2.65. The van der Waals surface area contributed by atoms with E-state index in [4.69, 9.17) is 4.74 Å². The summed E-state index contributed by atoms with van der Waals surface area (Å²) in [7, 11) is 0. The lowest BCUT2D eigenvalue weighted by molar-refractivity contribution is 0.243. The van der Waals surface area contributed by atoms with Gasteiger partial charge in [0.1, 0.15) is 12.4 Å². The molecule has 2 aromatic rings. The van der Waals surface area contributed by atoms with Gasteiger partial charge in [0, 0.05) is 11.6 Å². The van der Waals surface area contributed by atoms with Gasteiger partial charge in [-0.1, -0.05) is 0 Å². The van der Waals surface area contributed by atoms with Gasteiger partial charge in [0.05, 0.1) is 12.6 Å². The standard InChI is InChI=1S/C14H16FNO2/c1-10(2)18-12-3-4-13-11(9-12)5-7-16(8-6-15)14(13)17/h3-5,7,9-10H,6,8H2,1-2H3. The molecule has 2 rings (SSSR count). The van der Waals surface area contributed by atoms with E-state index in [-0.39, 0.29) is 18.2 Å². The molecule has 0 spiro atoms. The number of rotatable bonds is 4. The number of fused-ring (bicyclic) bond motifs is 1. The zero-order valence-electron chi connectivity index (χ0n) is 10.5. The number of nitrogens with zero attached hydrogens (tertiary/aromatic N) is 1. The van der Waals surface area contributed by atoms with Crippen LogP contribution in [-0.4, -0.2) is 17.3 Å². The van der Waals surface area contributed by atoms with Crippen LogP contribution >= 0.6 is 0 Å². The van der Waals surface area contributed by atoms with E-state index in [1.807, 2.05) is 19.9 Å². The van der Waals surface area contributed by atoms with Crippen molar-refractivity contribution in [2.24, 2.45) is 0 Å². The van der Waals surface area contributed by atoms with Gasteiger partial charge in [-0.2, -0.15) is 0 Å². The summed E-state index contributed by atoms with van der Waals surface area (Å²) in [6.07, 6.45) is 1.71. The zero-order chi connectivity index (χ0) is 13.1. The van der Waals surface area contributed by atoms with Crippen LogP contribution in [0.15, 0.2) is 35.3 Å². The summed E-state index contributed by atoms with van der Waals surface area (Å²) in [5, 5.41) is 1.40. The van der Waals surface area contributed by atoms with E-state index in [0.29, 0.717) is 5.39 Å². The highest BCUT2D eigenvalue weighted by Crippen LogP contribution is 2.19. The first-order chi connectivity index (χ1) is 8.61. The fourth-order valence-electron chi connectivity index (χ4n) is 1.88. The molecule has 3 nitrogen and oxygen atoms in total. The third-order valence-electron chi connectivity index (χ3n) is 2.65. The van der Waals surface area contributed by atoms with Crippen LogP contribution in [0.25, 0.3) is 10.8 Å². The van der Waals surface area contributed by atoms with Gasteiger partial charge in [-0.25, -0.2) is 4.39 Å². The van der Waals surface area contributed by atoms with Crippen molar-refractivity contribution >= 4 is 10.8 Å². The molecule has 0 aliphatic carbocycles. The minimum atomic E-state index is -0.542. The molecule has 18 heavy (non-hydrogen) atoms. The van der Waals surface area contributed by atoms with E-state index in [2.05, 4.69) is 0 Å². The van der Waals surface area contributed by atoms with Crippen molar-refractivity contribution in [1.82, 2.24) is 4.57 Å². The second-order valence-electron chi connectivity index (χ2n) is 4.42. The molecule has 0 amide bonds. The van der Waals surface area contributed by atoms with E-state index >= 15 is 0 Å². The number of pyridine rings is 1. The van der Waals surface area contributed by atoms with Gasteiger partial charge in [-0.05, 0) is 43.5 Å². The van der Waals surface area contributed by atoms with Gasteiger partial charge in [0.15, 0.2) is 0 Å². The Labute approximate surface area is 105 Å².